The van der Waals surface area contributed by atoms with Crippen LogP contribution in [0.1, 0.15) is 17.3 Å². The molecule has 0 amide bonds. The first-order valence-electron chi connectivity index (χ1n) is 5.51. The number of nitrogens with zero attached hydrogens (tertiary/aromatic N) is 1. The first-order valence-corrected chi connectivity index (χ1v) is 6.31. The molecule has 0 bridgehead atoms. The van der Waals surface area contributed by atoms with Crippen LogP contribution in [-0.2, 0) is 6.42 Å². The van der Waals surface area contributed by atoms with E-state index < -0.39 is 0 Å². The molecule has 3 nitrogen and oxygen atoms in total. The molecule has 0 aliphatic carbocycles. The van der Waals surface area contributed by atoms with E-state index in [1.165, 1.54) is 6.07 Å². The highest BCUT2D eigenvalue weighted by Gasteiger charge is 2.12. The third-order valence-electron chi connectivity index (χ3n) is 2.67. The molecule has 0 aliphatic rings. The summed E-state index contributed by atoms with van der Waals surface area (Å²) >= 11 is 3.17. The van der Waals surface area contributed by atoms with Gasteiger partial charge in [0.1, 0.15) is 5.82 Å². The minimum atomic E-state index is -0.270. The van der Waals surface area contributed by atoms with Crippen LogP contribution in [0.15, 0.2) is 47.1 Å². The van der Waals surface area contributed by atoms with Gasteiger partial charge in [-0.2, -0.15) is 0 Å². The fourth-order valence-electron chi connectivity index (χ4n) is 1.73. The molecule has 1 aromatic heterocycles. The number of rotatable bonds is 4. The van der Waals surface area contributed by atoms with Gasteiger partial charge in [-0.05, 0) is 52.2 Å². The second kappa shape index (κ2) is 6.04. The molecule has 2 rings (SSSR count). The van der Waals surface area contributed by atoms with Crippen molar-refractivity contribution in [3.63, 3.8) is 0 Å². The summed E-state index contributed by atoms with van der Waals surface area (Å²) < 4.78 is 13.6. The largest absolute Gasteiger partial charge is 0.271 e. The van der Waals surface area contributed by atoms with Crippen molar-refractivity contribution in [2.24, 2.45) is 5.84 Å². The molecule has 0 saturated carbocycles. The van der Waals surface area contributed by atoms with Crippen molar-refractivity contribution in [3.05, 3.63) is 64.1 Å². The smallest absolute Gasteiger partial charge is 0.137 e. The van der Waals surface area contributed by atoms with E-state index >= 15 is 0 Å². The van der Waals surface area contributed by atoms with Gasteiger partial charge in [-0.25, -0.2) is 4.39 Å². The van der Waals surface area contributed by atoms with Crippen molar-refractivity contribution >= 4 is 15.9 Å². The number of aromatic nitrogens is 1. The Kier molecular flexibility index (Phi) is 4.41. The number of hydrogen-bond donors (Lipinski definition) is 2. The lowest BCUT2D eigenvalue weighted by molar-refractivity contribution is 0.537. The molecule has 0 spiro atoms. The second-order valence-corrected chi connectivity index (χ2v) is 4.78. The van der Waals surface area contributed by atoms with Crippen LogP contribution in [0.25, 0.3) is 0 Å². The lowest BCUT2D eigenvalue weighted by atomic mass is 10.0. The van der Waals surface area contributed by atoms with Crippen molar-refractivity contribution in [1.29, 1.82) is 0 Å². The summed E-state index contributed by atoms with van der Waals surface area (Å²) in [7, 11) is 0. The lowest BCUT2D eigenvalue weighted by Gasteiger charge is -2.15. The third-order valence-corrected chi connectivity index (χ3v) is 3.28. The molecule has 94 valence electrons. The van der Waals surface area contributed by atoms with Crippen LogP contribution in [0.3, 0.4) is 0 Å². The van der Waals surface area contributed by atoms with Gasteiger partial charge in [0.25, 0.3) is 0 Å². The lowest BCUT2D eigenvalue weighted by Crippen LogP contribution is -2.30. The van der Waals surface area contributed by atoms with E-state index in [0.717, 1.165) is 11.3 Å². The van der Waals surface area contributed by atoms with Crippen LogP contribution >= 0.6 is 15.9 Å². The quantitative estimate of drug-likeness (QED) is 0.674. The van der Waals surface area contributed by atoms with E-state index in [2.05, 4.69) is 26.3 Å². The summed E-state index contributed by atoms with van der Waals surface area (Å²) in [5, 5.41) is 0. The van der Waals surface area contributed by atoms with Crippen molar-refractivity contribution in [2.75, 3.05) is 0 Å². The van der Waals surface area contributed by atoms with Gasteiger partial charge in [-0.15, -0.1) is 0 Å². The maximum Gasteiger partial charge on any atom is 0.137 e. The Morgan fingerprint density at radius 2 is 2.17 bits per heavy atom. The second-order valence-electron chi connectivity index (χ2n) is 3.93. The van der Waals surface area contributed by atoms with Crippen molar-refractivity contribution < 1.29 is 4.39 Å². The zero-order valence-electron chi connectivity index (χ0n) is 9.61. The van der Waals surface area contributed by atoms with Crippen LogP contribution in [-0.4, -0.2) is 4.98 Å². The highest BCUT2D eigenvalue weighted by atomic mass is 79.9. The molecule has 5 heteroatoms. The normalized spacial score (nSPS) is 12.4. The molecule has 0 radical (unpaired) electrons. The molecule has 0 aliphatic heterocycles. The monoisotopic (exact) mass is 309 g/mol. The molecular weight excluding hydrogens is 297 g/mol. The zero-order valence-corrected chi connectivity index (χ0v) is 11.2. The van der Waals surface area contributed by atoms with Crippen LogP contribution in [0.4, 0.5) is 4.39 Å². The molecule has 1 heterocycles. The van der Waals surface area contributed by atoms with Gasteiger partial charge in [-0.3, -0.25) is 16.3 Å². The molecular formula is C13H13BrFN3. The third kappa shape index (κ3) is 3.13. The Balaban J connectivity index is 2.18. The molecule has 1 atom stereocenters. The minimum absolute atomic E-state index is 0.0939. The highest BCUT2D eigenvalue weighted by molar-refractivity contribution is 9.10. The van der Waals surface area contributed by atoms with E-state index in [0.29, 0.717) is 10.9 Å². The maximum atomic E-state index is 13.1. The number of pyridine rings is 1. The van der Waals surface area contributed by atoms with Gasteiger partial charge < -0.3 is 0 Å². The van der Waals surface area contributed by atoms with Gasteiger partial charge in [0.05, 0.1) is 16.2 Å². The number of benzene rings is 1. The summed E-state index contributed by atoms with van der Waals surface area (Å²) in [4.78, 5) is 4.26. The molecule has 0 saturated heterocycles. The van der Waals surface area contributed by atoms with Crippen molar-refractivity contribution in [2.45, 2.75) is 12.5 Å². The van der Waals surface area contributed by atoms with Crippen LogP contribution in [0.2, 0.25) is 0 Å². The summed E-state index contributed by atoms with van der Waals surface area (Å²) in [6.07, 6.45) is 2.37. The van der Waals surface area contributed by atoms with Crippen molar-refractivity contribution in [3.8, 4) is 0 Å². The number of halogens is 2. The maximum absolute atomic E-state index is 13.1. The van der Waals surface area contributed by atoms with Crippen LogP contribution in [0.5, 0.6) is 0 Å². The Hall–Kier alpha value is -1.30. The van der Waals surface area contributed by atoms with Crippen LogP contribution < -0.4 is 11.3 Å². The molecule has 2 aromatic rings. The number of hydrogen-bond acceptors (Lipinski definition) is 3. The van der Waals surface area contributed by atoms with Gasteiger partial charge >= 0.3 is 0 Å². The molecule has 1 aromatic carbocycles. The molecule has 1 unspecified atom stereocenters. The van der Waals surface area contributed by atoms with Gasteiger partial charge in [0.2, 0.25) is 0 Å². The average molecular weight is 310 g/mol. The number of hydrazine groups is 1. The average Bonchev–Trinajstić information content (AvgIpc) is 2.41. The Morgan fingerprint density at radius 3 is 2.78 bits per heavy atom. The number of nitrogens with two attached hydrogens (primary N) is 1. The SMILES string of the molecule is NNC(Cc1ccc(F)c(Br)c1)c1ccccn1. The number of nitrogens with one attached hydrogen (secondary N) is 1. The molecule has 0 fully saturated rings. The van der Waals surface area contributed by atoms with E-state index in [1.54, 1.807) is 18.3 Å². The first-order chi connectivity index (χ1) is 8.70. The van der Waals surface area contributed by atoms with Gasteiger partial charge in [0.15, 0.2) is 0 Å². The predicted octanol–water partition coefficient (Wildman–Crippen LogP) is 2.73. The first kappa shape index (κ1) is 13.1. The Labute approximate surface area is 113 Å². The van der Waals surface area contributed by atoms with Crippen molar-refractivity contribution in [1.82, 2.24) is 10.4 Å². The summed E-state index contributed by atoms with van der Waals surface area (Å²) in [5.41, 5.74) is 4.57. The van der Waals surface area contributed by atoms with E-state index in [9.17, 15) is 4.39 Å². The fourth-order valence-corrected chi connectivity index (χ4v) is 2.16. The predicted molar refractivity (Wildman–Crippen MR) is 72.1 cm³/mol. The summed E-state index contributed by atoms with van der Waals surface area (Å²) in [6, 6.07) is 10.5. The fraction of sp³-hybridized carbons (Fsp3) is 0.154. The zero-order chi connectivity index (χ0) is 13.0. The highest BCUT2D eigenvalue weighted by Crippen LogP contribution is 2.21. The van der Waals surface area contributed by atoms with E-state index in [-0.39, 0.29) is 11.9 Å². The van der Waals surface area contributed by atoms with Crippen LogP contribution in [0, 0.1) is 5.82 Å². The molecule has 18 heavy (non-hydrogen) atoms. The van der Waals surface area contributed by atoms with Gasteiger partial charge in [0, 0.05) is 6.20 Å². The standard InChI is InChI=1S/C13H13BrFN3/c14-10-7-9(4-5-11(10)15)8-13(18-16)12-3-1-2-6-17-12/h1-7,13,18H,8,16H2. The Bertz CT molecular complexity index is 519. The van der Waals surface area contributed by atoms with E-state index in [1.807, 2.05) is 18.2 Å². The van der Waals surface area contributed by atoms with Gasteiger partial charge in [-0.1, -0.05) is 12.1 Å². The molecule has 3 N–H and O–H groups in total. The summed E-state index contributed by atoms with van der Waals surface area (Å²) in [6.45, 7) is 0. The topological polar surface area (TPSA) is 50.9 Å². The Morgan fingerprint density at radius 1 is 1.33 bits per heavy atom. The minimum Gasteiger partial charge on any atom is -0.271 e. The summed E-state index contributed by atoms with van der Waals surface area (Å²) in [5.74, 6) is 5.28. The van der Waals surface area contributed by atoms with E-state index in [4.69, 9.17) is 5.84 Å².